The number of aryl methyl sites for hydroxylation is 2. The molecule has 7 heteroatoms. The first kappa shape index (κ1) is 20.9. The third kappa shape index (κ3) is 4.62. The van der Waals surface area contributed by atoms with Crippen molar-refractivity contribution in [3.63, 3.8) is 0 Å². The summed E-state index contributed by atoms with van der Waals surface area (Å²) in [5.41, 5.74) is 3.02. The van der Waals surface area contributed by atoms with Crippen molar-refractivity contribution in [3.05, 3.63) is 23.9 Å². The van der Waals surface area contributed by atoms with Crippen molar-refractivity contribution in [2.45, 2.75) is 39.0 Å². The number of nitrogens with zero attached hydrogens (tertiary/aromatic N) is 5. The first-order valence-electron chi connectivity index (χ1n) is 12.0. The molecule has 31 heavy (non-hydrogen) atoms. The summed E-state index contributed by atoms with van der Waals surface area (Å²) in [6.45, 7) is 8.82. The fourth-order valence-electron chi connectivity index (χ4n) is 6.15. The van der Waals surface area contributed by atoms with E-state index in [1.165, 1.54) is 51.7 Å². The van der Waals surface area contributed by atoms with Crippen molar-refractivity contribution >= 4 is 5.82 Å². The van der Waals surface area contributed by atoms with Crippen LogP contribution in [0.4, 0.5) is 5.82 Å². The minimum atomic E-state index is 0.754. The van der Waals surface area contributed by atoms with E-state index in [4.69, 9.17) is 4.74 Å². The molecule has 3 fully saturated rings. The van der Waals surface area contributed by atoms with E-state index in [2.05, 4.69) is 32.4 Å². The number of hydrogen-bond acceptors (Lipinski definition) is 6. The van der Waals surface area contributed by atoms with Gasteiger partial charge in [-0.25, -0.2) is 0 Å². The second-order valence-corrected chi connectivity index (χ2v) is 9.88. The third-order valence-electron chi connectivity index (χ3n) is 7.70. The van der Waals surface area contributed by atoms with Crippen LogP contribution in [-0.2, 0) is 11.8 Å². The number of fused-ring (bicyclic) bond motifs is 1. The molecule has 0 radical (unpaired) electrons. The van der Waals surface area contributed by atoms with E-state index in [9.17, 15) is 0 Å². The standard InChI is InChI=1S/C24H36N6O/c1-17-12-26-29(2)24(17)22-7-8-23(28-27-22)25-10-9-19-5-6-20-14-30(15-21(19)20)13-18-4-3-11-31-16-18/h7-8,12,18-21H,3-6,9-11,13-16H2,1-2H3,(H,25,28). The molecule has 7 nitrogen and oxygen atoms in total. The van der Waals surface area contributed by atoms with Gasteiger partial charge in [-0.05, 0) is 80.4 Å². The van der Waals surface area contributed by atoms with Crippen LogP contribution in [0.5, 0.6) is 0 Å². The van der Waals surface area contributed by atoms with Gasteiger partial charge in [0.2, 0.25) is 0 Å². The molecule has 2 aromatic rings. The molecule has 168 valence electrons. The van der Waals surface area contributed by atoms with Crippen LogP contribution >= 0.6 is 0 Å². The highest BCUT2D eigenvalue weighted by Gasteiger charge is 2.42. The molecule has 4 unspecified atom stereocenters. The molecule has 0 bridgehead atoms. The number of aromatic nitrogens is 4. The number of hydrogen-bond donors (Lipinski definition) is 1. The van der Waals surface area contributed by atoms with Crippen molar-refractivity contribution in [1.29, 1.82) is 0 Å². The summed E-state index contributed by atoms with van der Waals surface area (Å²) in [5.74, 6) is 4.26. The Hall–Kier alpha value is -1.99. The van der Waals surface area contributed by atoms with Crippen LogP contribution in [0.3, 0.4) is 0 Å². The van der Waals surface area contributed by atoms with E-state index in [0.717, 1.165) is 66.2 Å². The maximum absolute atomic E-state index is 5.69. The molecule has 4 atom stereocenters. The van der Waals surface area contributed by atoms with E-state index < -0.39 is 0 Å². The Morgan fingerprint density at radius 1 is 1.16 bits per heavy atom. The highest BCUT2D eigenvalue weighted by molar-refractivity contribution is 5.59. The summed E-state index contributed by atoms with van der Waals surface area (Å²) in [7, 11) is 1.94. The highest BCUT2D eigenvalue weighted by atomic mass is 16.5. The average Bonchev–Trinajstić information content (AvgIpc) is 3.45. The Labute approximate surface area is 185 Å². The van der Waals surface area contributed by atoms with Gasteiger partial charge in [0.1, 0.15) is 11.5 Å². The van der Waals surface area contributed by atoms with Gasteiger partial charge >= 0.3 is 0 Å². The molecule has 0 aromatic carbocycles. The van der Waals surface area contributed by atoms with Gasteiger partial charge in [-0.3, -0.25) is 4.68 Å². The normalized spacial score (nSPS) is 28.7. The Kier molecular flexibility index (Phi) is 6.23. The maximum Gasteiger partial charge on any atom is 0.148 e. The molecule has 1 aliphatic carbocycles. The lowest BCUT2D eigenvalue weighted by Gasteiger charge is -2.28. The van der Waals surface area contributed by atoms with Crippen LogP contribution < -0.4 is 5.32 Å². The van der Waals surface area contributed by atoms with Crippen LogP contribution in [0.1, 0.15) is 37.7 Å². The second kappa shape index (κ2) is 9.25. The van der Waals surface area contributed by atoms with Crippen molar-refractivity contribution in [2.24, 2.45) is 30.7 Å². The minimum absolute atomic E-state index is 0.754. The Bertz CT molecular complexity index is 840. The smallest absolute Gasteiger partial charge is 0.148 e. The van der Waals surface area contributed by atoms with E-state index in [1.54, 1.807) is 0 Å². The molecule has 2 aliphatic heterocycles. The van der Waals surface area contributed by atoms with Crippen LogP contribution in [0, 0.1) is 30.6 Å². The fraction of sp³-hybridized carbons (Fsp3) is 0.708. The summed E-state index contributed by atoms with van der Waals surface area (Å²) in [6.07, 6.45) is 8.48. The zero-order valence-corrected chi connectivity index (χ0v) is 19.0. The number of anilines is 1. The van der Waals surface area contributed by atoms with Crippen LogP contribution in [-0.4, -0.2) is 64.3 Å². The molecular weight excluding hydrogens is 388 g/mol. The first-order chi connectivity index (χ1) is 15.2. The molecule has 5 rings (SSSR count). The molecule has 0 spiro atoms. The van der Waals surface area contributed by atoms with Crippen LogP contribution in [0.2, 0.25) is 0 Å². The molecule has 4 heterocycles. The van der Waals surface area contributed by atoms with Crippen LogP contribution in [0.15, 0.2) is 18.3 Å². The summed E-state index contributed by atoms with van der Waals surface area (Å²) >= 11 is 0. The predicted octanol–water partition coefficient (Wildman–Crippen LogP) is 3.37. The van der Waals surface area contributed by atoms with Crippen molar-refractivity contribution in [1.82, 2.24) is 24.9 Å². The van der Waals surface area contributed by atoms with Crippen molar-refractivity contribution < 1.29 is 4.74 Å². The summed E-state index contributed by atoms with van der Waals surface area (Å²) < 4.78 is 7.55. The van der Waals surface area contributed by atoms with E-state index >= 15 is 0 Å². The van der Waals surface area contributed by atoms with Gasteiger partial charge in [0.15, 0.2) is 0 Å². The molecule has 3 aliphatic rings. The Morgan fingerprint density at radius 2 is 2.10 bits per heavy atom. The van der Waals surface area contributed by atoms with E-state index in [1.807, 2.05) is 30.1 Å². The van der Waals surface area contributed by atoms with Crippen molar-refractivity contribution in [3.8, 4) is 11.4 Å². The molecule has 0 amide bonds. The number of nitrogens with one attached hydrogen (secondary N) is 1. The van der Waals surface area contributed by atoms with E-state index in [-0.39, 0.29) is 0 Å². The van der Waals surface area contributed by atoms with Gasteiger partial charge in [-0.1, -0.05) is 0 Å². The van der Waals surface area contributed by atoms with Crippen LogP contribution in [0.25, 0.3) is 11.4 Å². The Balaban J connectivity index is 1.09. The molecular formula is C24H36N6O. The maximum atomic E-state index is 5.69. The lowest BCUT2D eigenvalue weighted by atomic mass is 9.90. The van der Waals surface area contributed by atoms with Crippen molar-refractivity contribution in [2.75, 3.05) is 44.7 Å². The fourth-order valence-corrected chi connectivity index (χ4v) is 6.15. The summed E-state index contributed by atoms with van der Waals surface area (Å²) in [6, 6.07) is 4.07. The molecule has 2 saturated heterocycles. The Morgan fingerprint density at radius 3 is 2.84 bits per heavy atom. The predicted molar refractivity (Wildman–Crippen MR) is 122 cm³/mol. The zero-order valence-electron chi connectivity index (χ0n) is 19.0. The average molecular weight is 425 g/mol. The zero-order chi connectivity index (χ0) is 21.2. The largest absolute Gasteiger partial charge is 0.381 e. The number of rotatable bonds is 7. The molecule has 1 saturated carbocycles. The first-order valence-corrected chi connectivity index (χ1v) is 12.0. The van der Waals surface area contributed by atoms with E-state index in [0.29, 0.717) is 0 Å². The number of ether oxygens (including phenoxy) is 1. The van der Waals surface area contributed by atoms with Gasteiger partial charge in [0, 0.05) is 39.8 Å². The van der Waals surface area contributed by atoms with Gasteiger partial charge in [-0.2, -0.15) is 5.10 Å². The lowest BCUT2D eigenvalue weighted by molar-refractivity contribution is 0.0404. The third-order valence-corrected chi connectivity index (χ3v) is 7.70. The topological polar surface area (TPSA) is 68.1 Å². The molecule has 1 N–H and O–H groups in total. The number of likely N-dealkylation sites (tertiary alicyclic amines) is 1. The van der Waals surface area contributed by atoms with Gasteiger partial charge in [0.05, 0.1) is 18.5 Å². The summed E-state index contributed by atoms with van der Waals surface area (Å²) in [4.78, 5) is 2.74. The SMILES string of the molecule is Cc1cnn(C)c1-c1ccc(NCCC2CCC3CN(CC4CCCOC4)CC23)nn1. The quantitative estimate of drug-likeness (QED) is 0.735. The highest BCUT2D eigenvalue weighted by Crippen LogP contribution is 2.44. The second-order valence-electron chi connectivity index (χ2n) is 9.88. The van der Waals surface area contributed by atoms with Gasteiger partial charge in [0.25, 0.3) is 0 Å². The summed E-state index contributed by atoms with van der Waals surface area (Å²) in [5, 5.41) is 16.6. The molecule has 2 aromatic heterocycles. The lowest BCUT2D eigenvalue weighted by Crippen LogP contribution is -2.33. The van der Waals surface area contributed by atoms with Gasteiger partial charge in [-0.15, -0.1) is 10.2 Å². The monoisotopic (exact) mass is 424 g/mol. The minimum Gasteiger partial charge on any atom is -0.381 e. The van der Waals surface area contributed by atoms with Gasteiger partial charge < -0.3 is 15.0 Å².